The second kappa shape index (κ2) is 5.46. The predicted octanol–water partition coefficient (Wildman–Crippen LogP) is 0.392. The Bertz CT molecular complexity index is 457. The maximum absolute atomic E-state index is 9.31. The average Bonchev–Trinajstić information content (AvgIpc) is 2.37. The third-order valence-electron chi connectivity index (χ3n) is 2.84. The van der Waals surface area contributed by atoms with Crippen LogP contribution in [-0.2, 0) is 4.74 Å². The first kappa shape index (κ1) is 14.3. The molecule has 0 amide bonds. The number of hydrazine groups is 1. The zero-order chi connectivity index (χ0) is 14.0. The van der Waals surface area contributed by atoms with E-state index in [2.05, 4.69) is 15.4 Å². The number of nitrogen functional groups attached to an aromatic ring is 1. The number of halogens is 1. The molecule has 0 saturated carbocycles. The third-order valence-corrected chi connectivity index (χ3v) is 3.11. The quantitative estimate of drug-likeness (QED) is 0.547. The Balaban J connectivity index is 2.29. The van der Waals surface area contributed by atoms with E-state index in [-0.39, 0.29) is 12.7 Å². The Kier molecular flexibility index (Phi) is 4.10. The minimum Gasteiger partial charge on any atom is -0.394 e. The normalized spacial score (nSPS) is 22.4. The number of anilines is 2. The number of hydrogen-bond acceptors (Lipinski definition) is 7. The summed E-state index contributed by atoms with van der Waals surface area (Å²) in [5.74, 6) is 6.18. The van der Waals surface area contributed by atoms with E-state index in [1.54, 1.807) is 0 Å². The van der Waals surface area contributed by atoms with Crippen LogP contribution in [0.15, 0.2) is 6.20 Å². The van der Waals surface area contributed by atoms with Gasteiger partial charge in [-0.3, -0.25) is 5.43 Å². The van der Waals surface area contributed by atoms with E-state index in [9.17, 15) is 5.11 Å². The number of ether oxygens (including phenoxy) is 1. The fourth-order valence-electron chi connectivity index (χ4n) is 2.20. The van der Waals surface area contributed by atoms with Crippen molar-refractivity contribution in [2.75, 3.05) is 30.0 Å². The molecule has 0 bridgehead atoms. The van der Waals surface area contributed by atoms with E-state index >= 15 is 0 Å². The molecule has 106 valence electrons. The average molecular weight is 288 g/mol. The summed E-state index contributed by atoms with van der Waals surface area (Å²) in [5.41, 5.74) is 2.00. The van der Waals surface area contributed by atoms with E-state index in [4.69, 9.17) is 22.2 Å². The van der Waals surface area contributed by atoms with Gasteiger partial charge in [0.05, 0.1) is 24.5 Å². The van der Waals surface area contributed by atoms with Crippen LogP contribution < -0.4 is 16.2 Å². The Hall–Kier alpha value is -1.15. The maximum Gasteiger partial charge on any atom is 0.239 e. The van der Waals surface area contributed by atoms with Crippen LogP contribution in [-0.4, -0.2) is 46.5 Å². The molecule has 8 heteroatoms. The molecule has 1 saturated heterocycles. The molecule has 19 heavy (non-hydrogen) atoms. The van der Waals surface area contributed by atoms with Crippen LogP contribution in [0.4, 0.5) is 11.8 Å². The molecule has 1 aromatic heterocycles. The van der Waals surface area contributed by atoms with E-state index in [1.165, 1.54) is 6.20 Å². The van der Waals surface area contributed by atoms with Crippen molar-refractivity contribution in [3.8, 4) is 0 Å². The first-order chi connectivity index (χ1) is 8.95. The summed E-state index contributed by atoms with van der Waals surface area (Å²) < 4.78 is 5.75. The van der Waals surface area contributed by atoms with Crippen molar-refractivity contribution < 1.29 is 9.84 Å². The number of aliphatic hydroxyl groups is 1. The zero-order valence-corrected chi connectivity index (χ0v) is 11.7. The smallest absolute Gasteiger partial charge is 0.239 e. The van der Waals surface area contributed by atoms with Gasteiger partial charge in [0.1, 0.15) is 5.02 Å². The molecule has 0 aliphatic carbocycles. The molecule has 4 N–H and O–H groups in total. The van der Waals surface area contributed by atoms with E-state index in [1.807, 2.05) is 18.7 Å². The summed E-state index contributed by atoms with van der Waals surface area (Å²) in [6, 6.07) is 0. The number of nitrogens with one attached hydrogen (secondary N) is 1. The van der Waals surface area contributed by atoms with Gasteiger partial charge >= 0.3 is 0 Å². The minimum atomic E-state index is -0.393. The molecule has 2 rings (SSSR count). The number of morpholine rings is 1. The van der Waals surface area contributed by atoms with Gasteiger partial charge in [0.2, 0.25) is 5.95 Å². The largest absolute Gasteiger partial charge is 0.394 e. The number of aliphatic hydroxyl groups excluding tert-OH is 1. The third kappa shape index (κ3) is 3.24. The number of nitrogens with zero attached hydrogens (tertiary/aromatic N) is 3. The van der Waals surface area contributed by atoms with Gasteiger partial charge in [-0.1, -0.05) is 11.6 Å². The molecule has 1 unspecified atom stereocenters. The van der Waals surface area contributed by atoms with Gasteiger partial charge < -0.3 is 14.7 Å². The molecule has 1 aliphatic heterocycles. The SMILES string of the molecule is CC1(C)CN(c2nc(NN)ncc2Cl)CC(CO)O1. The maximum atomic E-state index is 9.31. The van der Waals surface area contributed by atoms with Crippen LogP contribution >= 0.6 is 11.6 Å². The molecule has 1 aliphatic rings. The summed E-state index contributed by atoms with van der Waals surface area (Å²) in [6.45, 7) is 4.99. The number of nitrogens with two attached hydrogens (primary N) is 1. The van der Waals surface area contributed by atoms with Crippen LogP contribution in [0.25, 0.3) is 0 Å². The number of aromatic nitrogens is 2. The Morgan fingerprint density at radius 3 is 3.05 bits per heavy atom. The van der Waals surface area contributed by atoms with E-state index < -0.39 is 5.60 Å². The lowest BCUT2D eigenvalue weighted by atomic mass is 10.1. The first-order valence-corrected chi connectivity index (χ1v) is 6.36. The molecule has 0 spiro atoms. The summed E-state index contributed by atoms with van der Waals surface area (Å²) in [6.07, 6.45) is 1.22. The van der Waals surface area contributed by atoms with Gasteiger partial charge in [0, 0.05) is 13.1 Å². The van der Waals surface area contributed by atoms with Crippen LogP contribution in [0.1, 0.15) is 13.8 Å². The summed E-state index contributed by atoms with van der Waals surface area (Å²) >= 11 is 6.13. The fraction of sp³-hybridized carbons (Fsp3) is 0.636. The molecule has 1 fully saturated rings. The number of hydrogen-bond donors (Lipinski definition) is 3. The van der Waals surface area contributed by atoms with Crippen LogP contribution in [0.3, 0.4) is 0 Å². The molecule has 7 nitrogen and oxygen atoms in total. The highest BCUT2D eigenvalue weighted by Crippen LogP contribution is 2.29. The lowest BCUT2D eigenvalue weighted by Gasteiger charge is -2.43. The predicted molar refractivity (Wildman–Crippen MR) is 73.1 cm³/mol. The minimum absolute atomic E-state index is 0.0510. The Morgan fingerprint density at radius 1 is 1.68 bits per heavy atom. The molecule has 2 heterocycles. The van der Waals surface area contributed by atoms with Crippen molar-refractivity contribution in [1.82, 2.24) is 9.97 Å². The van der Waals surface area contributed by atoms with Crippen molar-refractivity contribution >= 4 is 23.4 Å². The van der Waals surface area contributed by atoms with Crippen molar-refractivity contribution in [3.05, 3.63) is 11.2 Å². The Labute approximate surface area is 116 Å². The molecule has 0 aromatic carbocycles. The molecule has 1 aromatic rings. The van der Waals surface area contributed by atoms with Gasteiger partial charge in [-0.05, 0) is 13.8 Å². The van der Waals surface area contributed by atoms with Gasteiger partial charge in [-0.15, -0.1) is 0 Å². The van der Waals surface area contributed by atoms with Crippen molar-refractivity contribution in [2.24, 2.45) is 5.84 Å². The summed E-state index contributed by atoms with van der Waals surface area (Å²) in [7, 11) is 0. The highest BCUT2D eigenvalue weighted by molar-refractivity contribution is 6.32. The Morgan fingerprint density at radius 2 is 2.42 bits per heavy atom. The fourth-order valence-corrected chi connectivity index (χ4v) is 2.41. The first-order valence-electron chi connectivity index (χ1n) is 5.98. The number of rotatable bonds is 3. The van der Waals surface area contributed by atoms with Crippen LogP contribution in [0.2, 0.25) is 5.02 Å². The highest BCUT2D eigenvalue weighted by atomic mass is 35.5. The van der Waals surface area contributed by atoms with Crippen molar-refractivity contribution in [3.63, 3.8) is 0 Å². The molecule has 1 atom stereocenters. The van der Waals surface area contributed by atoms with Gasteiger partial charge in [-0.25, -0.2) is 10.8 Å². The van der Waals surface area contributed by atoms with Crippen LogP contribution in [0.5, 0.6) is 0 Å². The second-order valence-electron chi connectivity index (χ2n) is 5.07. The lowest BCUT2D eigenvalue weighted by molar-refractivity contribution is -0.101. The second-order valence-corrected chi connectivity index (χ2v) is 5.48. The monoisotopic (exact) mass is 287 g/mol. The van der Waals surface area contributed by atoms with Gasteiger partial charge in [-0.2, -0.15) is 4.98 Å². The summed E-state index contributed by atoms with van der Waals surface area (Å²) in [4.78, 5) is 10.2. The topological polar surface area (TPSA) is 96.5 Å². The molecule has 0 radical (unpaired) electrons. The van der Waals surface area contributed by atoms with Crippen molar-refractivity contribution in [2.45, 2.75) is 25.6 Å². The molecular weight excluding hydrogens is 270 g/mol. The van der Waals surface area contributed by atoms with E-state index in [0.29, 0.717) is 29.9 Å². The van der Waals surface area contributed by atoms with Gasteiger partial charge in [0.25, 0.3) is 0 Å². The lowest BCUT2D eigenvalue weighted by Crippen LogP contribution is -2.54. The zero-order valence-electron chi connectivity index (χ0n) is 10.9. The highest BCUT2D eigenvalue weighted by Gasteiger charge is 2.34. The van der Waals surface area contributed by atoms with Gasteiger partial charge in [0.15, 0.2) is 5.82 Å². The van der Waals surface area contributed by atoms with Crippen molar-refractivity contribution in [1.29, 1.82) is 0 Å². The van der Waals surface area contributed by atoms with Crippen LogP contribution in [0, 0.1) is 0 Å². The molecular formula is C11H18ClN5O2. The standard InChI is InChI=1S/C11H18ClN5O2/c1-11(2)6-17(4-7(5-18)19-11)9-8(12)3-14-10(15-9)16-13/h3,7,18H,4-6,13H2,1-2H3,(H,14,15,16). The van der Waals surface area contributed by atoms with E-state index in [0.717, 1.165) is 0 Å². The summed E-state index contributed by atoms with van der Waals surface area (Å²) in [5, 5.41) is 9.75.